The highest BCUT2D eigenvalue weighted by Crippen LogP contribution is 2.11. The summed E-state index contributed by atoms with van der Waals surface area (Å²) < 4.78 is 11.9. The third kappa shape index (κ3) is 3.02. The van der Waals surface area contributed by atoms with Crippen LogP contribution in [0.4, 0.5) is 0 Å². The molecule has 0 saturated carbocycles. The molecule has 5 heteroatoms. The first-order chi connectivity index (χ1) is 6.22. The molecule has 1 aliphatic rings. The number of aliphatic hydroxyl groups excluding tert-OH is 2. The van der Waals surface area contributed by atoms with Gasteiger partial charge >= 0.3 is 0 Å². The smallest absolute Gasteiger partial charge is 0.102 e. The van der Waals surface area contributed by atoms with Gasteiger partial charge in [0.25, 0.3) is 0 Å². The predicted octanol–water partition coefficient (Wildman–Crippen LogP) is -1.45. The van der Waals surface area contributed by atoms with Crippen LogP contribution in [0.3, 0.4) is 0 Å². The minimum atomic E-state index is -0.673. The molecular weight excluding hydrogens is 190 g/mol. The van der Waals surface area contributed by atoms with Crippen molar-refractivity contribution in [3.05, 3.63) is 0 Å². The SMILES string of the molecule is O=S1CC[N+](CCO)(CCO)CC1. The fourth-order valence-electron chi connectivity index (χ4n) is 1.79. The topological polar surface area (TPSA) is 57.5 Å². The fourth-order valence-corrected chi connectivity index (χ4v) is 3.17. The Hall–Kier alpha value is 0.0300. The molecule has 1 fully saturated rings. The highest BCUT2D eigenvalue weighted by Gasteiger charge is 2.31. The zero-order valence-electron chi connectivity index (χ0n) is 7.81. The van der Waals surface area contributed by atoms with Gasteiger partial charge in [-0.2, -0.15) is 0 Å². The summed E-state index contributed by atoms with van der Waals surface area (Å²) in [6, 6.07) is 0. The second-order valence-corrected chi connectivity index (χ2v) is 5.23. The van der Waals surface area contributed by atoms with Gasteiger partial charge in [-0.05, 0) is 0 Å². The molecule has 1 aliphatic heterocycles. The van der Waals surface area contributed by atoms with Crippen molar-refractivity contribution < 1.29 is 18.9 Å². The Bertz CT molecular complexity index is 168. The Balaban J connectivity index is 2.51. The lowest BCUT2D eigenvalue weighted by Gasteiger charge is -2.40. The maximum Gasteiger partial charge on any atom is 0.102 e. The largest absolute Gasteiger partial charge is 0.391 e. The van der Waals surface area contributed by atoms with E-state index in [-0.39, 0.29) is 13.2 Å². The molecule has 0 amide bonds. The normalized spacial score (nSPS) is 23.2. The minimum absolute atomic E-state index is 0.145. The summed E-state index contributed by atoms with van der Waals surface area (Å²) in [6.07, 6.45) is 0. The van der Waals surface area contributed by atoms with Crippen LogP contribution in [0.1, 0.15) is 0 Å². The Morgan fingerprint density at radius 2 is 1.54 bits per heavy atom. The number of nitrogens with zero attached hydrogens (tertiary/aromatic N) is 1. The number of quaternary nitrogens is 1. The van der Waals surface area contributed by atoms with Crippen molar-refractivity contribution in [3.63, 3.8) is 0 Å². The van der Waals surface area contributed by atoms with Gasteiger partial charge in [-0.3, -0.25) is 4.21 Å². The first kappa shape index (κ1) is 11.1. The number of rotatable bonds is 4. The fraction of sp³-hybridized carbons (Fsp3) is 1.00. The monoisotopic (exact) mass is 208 g/mol. The summed E-state index contributed by atoms with van der Waals surface area (Å²) >= 11 is 0. The van der Waals surface area contributed by atoms with Crippen molar-refractivity contribution in [2.24, 2.45) is 0 Å². The van der Waals surface area contributed by atoms with Crippen molar-refractivity contribution in [2.45, 2.75) is 0 Å². The summed E-state index contributed by atoms with van der Waals surface area (Å²) in [7, 11) is -0.673. The molecule has 1 saturated heterocycles. The first-order valence-electron chi connectivity index (χ1n) is 4.64. The first-order valence-corrected chi connectivity index (χ1v) is 6.13. The molecule has 0 radical (unpaired) electrons. The molecule has 0 aromatic carbocycles. The second kappa shape index (κ2) is 5.05. The molecule has 0 aliphatic carbocycles. The minimum Gasteiger partial charge on any atom is -0.391 e. The van der Waals surface area contributed by atoms with E-state index in [4.69, 9.17) is 10.2 Å². The molecule has 0 aromatic rings. The molecular formula is C8H18NO3S+. The van der Waals surface area contributed by atoms with Crippen LogP contribution in [0.5, 0.6) is 0 Å². The lowest BCUT2D eigenvalue weighted by Crippen LogP contribution is -2.58. The zero-order chi connectivity index (χ0) is 9.73. The maximum absolute atomic E-state index is 11.1. The molecule has 78 valence electrons. The summed E-state index contributed by atoms with van der Waals surface area (Å²) in [5, 5.41) is 17.8. The van der Waals surface area contributed by atoms with Crippen LogP contribution >= 0.6 is 0 Å². The quantitative estimate of drug-likeness (QED) is 0.556. The molecule has 0 atom stereocenters. The Morgan fingerprint density at radius 1 is 1.08 bits per heavy atom. The molecule has 13 heavy (non-hydrogen) atoms. The standard InChI is InChI=1S/C8H18NO3S/c10-5-1-9(2-6-11)3-7-13(12)8-4-9/h10-11H,1-8H2/q+1. The van der Waals surface area contributed by atoms with Gasteiger partial charge in [0.15, 0.2) is 0 Å². The van der Waals surface area contributed by atoms with Gasteiger partial charge in [0.1, 0.15) is 13.1 Å². The second-order valence-electron chi connectivity index (χ2n) is 3.53. The van der Waals surface area contributed by atoms with Crippen molar-refractivity contribution in [1.29, 1.82) is 0 Å². The van der Waals surface area contributed by atoms with Crippen LogP contribution < -0.4 is 0 Å². The number of aliphatic hydroxyl groups is 2. The van der Waals surface area contributed by atoms with Gasteiger partial charge in [-0.1, -0.05) is 0 Å². The van der Waals surface area contributed by atoms with Gasteiger partial charge in [0.2, 0.25) is 0 Å². The van der Waals surface area contributed by atoms with Crippen LogP contribution in [-0.4, -0.2) is 69.8 Å². The van der Waals surface area contributed by atoms with Crippen LogP contribution in [0, 0.1) is 0 Å². The van der Waals surface area contributed by atoms with Crippen LogP contribution in [0.15, 0.2) is 0 Å². The molecule has 0 aromatic heterocycles. The van der Waals surface area contributed by atoms with Gasteiger partial charge in [-0.25, -0.2) is 0 Å². The Kier molecular flexibility index (Phi) is 4.31. The number of hydrogen-bond donors (Lipinski definition) is 2. The molecule has 1 rings (SSSR count). The summed E-state index contributed by atoms with van der Waals surface area (Å²) in [6.45, 7) is 3.30. The molecule has 2 N–H and O–H groups in total. The third-order valence-electron chi connectivity index (χ3n) is 2.74. The Morgan fingerprint density at radius 3 is 1.92 bits per heavy atom. The molecule has 0 spiro atoms. The van der Waals surface area contributed by atoms with Crippen LogP contribution in [0.25, 0.3) is 0 Å². The summed E-state index contributed by atoms with van der Waals surface area (Å²) in [5.74, 6) is 1.42. The average Bonchev–Trinajstić information content (AvgIpc) is 2.11. The summed E-state index contributed by atoms with van der Waals surface area (Å²) in [5.41, 5.74) is 0. The lowest BCUT2D eigenvalue weighted by molar-refractivity contribution is -0.925. The van der Waals surface area contributed by atoms with E-state index in [9.17, 15) is 4.21 Å². The van der Waals surface area contributed by atoms with E-state index in [1.807, 2.05) is 0 Å². The zero-order valence-corrected chi connectivity index (χ0v) is 8.63. The van der Waals surface area contributed by atoms with E-state index in [0.717, 1.165) is 17.6 Å². The van der Waals surface area contributed by atoms with Crippen molar-refractivity contribution in [1.82, 2.24) is 0 Å². The van der Waals surface area contributed by atoms with Gasteiger partial charge in [0.05, 0.1) is 37.8 Å². The highest BCUT2D eigenvalue weighted by atomic mass is 32.2. The predicted molar refractivity (Wildman–Crippen MR) is 51.8 cm³/mol. The van der Waals surface area contributed by atoms with E-state index in [0.29, 0.717) is 24.6 Å². The van der Waals surface area contributed by atoms with Crippen LogP contribution in [0.2, 0.25) is 0 Å². The lowest BCUT2D eigenvalue weighted by atomic mass is 10.3. The Labute approximate surface area is 81.2 Å². The maximum atomic E-state index is 11.1. The van der Waals surface area contributed by atoms with E-state index in [2.05, 4.69) is 0 Å². The van der Waals surface area contributed by atoms with E-state index in [1.165, 1.54) is 0 Å². The third-order valence-corrected chi connectivity index (χ3v) is 4.01. The molecule has 4 nitrogen and oxygen atoms in total. The van der Waals surface area contributed by atoms with Gasteiger partial charge in [0, 0.05) is 10.8 Å². The van der Waals surface area contributed by atoms with Crippen molar-refractivity contribution in [3.8, 4) is 0 Å². The van der Waals surface area contributed by atoms with Gasteiger partial charge < -0.3 is 14.7 Å². The summed E-state index contributed by atoms with van der Waals surface area (Å²) in [4.78, 5) is 0. The molecule has 0 unspecified atom stereocenters. The van der Waals surface area contributed by atoms with Gasteiger partial charge in [-0.15, -0.1) is 0 Å². The molecule has 1 heterocycles. The number of hydrogen-bond acceptors (Lipinski definition) is 3. The van der Waals surface area contributed by atoms with E-state index < -0.39 is 10.8 Å². The van der Waals surface area contributed by atoms with E-state index >= 15 is 0 Å². The van der Waals surface area contributed by atoms with Crippen LogP contribution in [-0.2, 0) is 10.8 Å². The van der Waals surface area contributed by atoms with Crippen molar-refractivity contribution in [2.75, 3.05) is 50.9 Å². The average molecular weight is 208 g/mol. The van der Waals surface area contributed by atoms with Crippen molar-refractivity contribution >= 4 is 10.8 Å². The van der Waals surface area contributed by atoms with E-state index in [1.54, 1.807) is 0 Å². The molecule has 0 bridgehead atoms. The highest BCUT2D eigenvalue weighted by molar-refractivity contribution is 7.85.